The van der Waals surface area contributed by atoms with Gasteiger partial charge in [0.15, 0.2) is 0 Å². The second-order valence-electron chi connectivity index (χ2n) is 4.73. The summed E-state index contributed by atoms with van der Waals surface area (Å²) in [5.74, 6) is -0.476. The fraction of sp³-hybridized carbons (Fsp3) is 0.125. The van der Waals surface area contributed by atoms with Crippen LogP contribution in [0.3, 0.4) is 0 Å². The fourth-order valence-corrected chi connectivity index (χ4v) is 2.95. The predicted octanol–water partition coefficient (Wildman–Crippen LogP) is 7.08. The molecule has 0 fully saturated rings. The second kappa shape index (κ2) is 7.24. The van der Waals surface area contributed by atoms with Crippen LogP contribution >= 0.6 is 39.1 Å². The van der Waals surface area contributed by atoms with Crippen LogP contribution in [0.1, 0.15) is 11.1 Å². The Morgan fingerprint density at radius 1 is 1.04 bits per heavy atom. The molecule has 2 aromatic carbocycles. The van der Waals surface area contributed by atoms with Crippen molar-refractivity contribution in [3.8, 4) is 0 Å². The smallest absolute Gasteiger partial charge is 0.206 e. The molecule has 0 amide bonds. The summed E-state index contributed by atoms with van der Waals surface area (Å²) in [6.45, 7) is 0. The number of hydrogen-bond acceptors (Lipinski definition) is 0. The number of halogens is 7. The van der Waals surface area contributed by atoms with Crippen molar-refractivity contribution in [1.82, 2.24) is 0 Å². The maximum Gasteiger partial charge on any atom is 0.416 e. The zero-order valence-corrected chi connectivity index (χ0v) is 14.5. The highest BCUT2D eigenvalue weighted by atomic mass is 79.9. The molecule has 0 atom stereocenters. The molecule has 23 heavy (non-hydrogen) atoms. The second-order valence-corrected chi connectivity index (χ2v) is 6.45. The summed E-state index contributed by atoms with van der Waals surface area (Å²) in [4.78, 5) is 0. The van der Waals surface area contributed by atoms with Crippen LogP contribution in [-0.4, -0.2) is 6.18 Å². The Morgan fingerprint density at radius 2 is 1.65 bits per heavy atom. The summed E-state index contributed by atoms with van der Waals surface area (Å²) in [6.07, 6.45) is -3.55. The van der Waals surface area contributed by atoms with Gasteiger partial charge in [0.25, 0.3) is 0 Å². The van der Waals surface area contributed by atoms with Crippen LogP contribution in [0, 0.1) is 5.82 Å². The molecule has 0 N–H and O–H groups in total. The molecular weight excluding hydrogens is 419 g/mol. The predicted molar refractivity (Wildman–Crippen MR) is 88.3 cm³/mol. The molecule has 0 radical (unpaired) electrons. The topological polar surface area (TPSA) is 0 Å². The lowest BCUT2D eigenvalue weighted by Gasteiger charge is -2.13. The molecular formula is C16H9BrCl2F4. The van der Waals surface area contributed by atoms with Crippen LogP contribution in [0.4, 0.5) is 17.6 Å². The molecule has 0 aliphatic carbocycles. The molecule has 2 aromatic rings. The quantitative estimate of drug-likeness (QED) is 0.459. The van der Waals surface area contributed by atoms with Gasteiger partial charge in [0.2, 0.25) is 0 Å². The van der Waals surface area contributed by atoms with Crippen LogP contribution < -0.4 is 0 Å². The number of benzene rings is 2. The number of allylic oxidation sites excluding steroid dienone is 2. The zero-order valence-electron chi connectivity index (χ0n) is 11.4. The minimum absolute atomic E-state index is 0.0160. The van der Waals surface area contributed by atoms with E-state index in [-0.39, 0.29) is 26.5 Å². The average Bonchev–Trinajstić information content (AvgIpc) is 2.40. The monoisotopic (exact) mass is 426 g/mol. The molecule has 122 valence electrons. The minimum atomic E-state index is -4.56. The van der Waals surface area contributed by atoms with E-state index in [0.29, 0.717) is 5.56 Å². The van der Waals surface area contributed by atoms with E-state index in [9.17, 15) is 17.6 Å². The zero-order chi connectivity index (χ0) is 17.2. The highest BCUT2D eigenvalue weighted by Gasteiger charge is 2.34. The molecule has 0 nitrogen and oxygen atoms in total. The van der Waals surface area contributed by atoms with Crippen LogP contribution in [-0.2, 0) is 6.42 Å². The molecule has 0 aliphatic rings. The molecule has 0 heterocycles. The summed E-state index contributed by atoms with van der Waals surface area (Å²) in [5.41, 5.74) is -0.424. The molecule has 0 saturated carbocycles. The van der Waals surface area contributed by atoms with Crippen molar-refractivity contribution < 1.29 is 17.6 Å². The molecule has 0 spiro atoms. The van der Waals surface area contributed by atoms with Crippen molar-refractivity contribution in [1.29, 1.82) is 0 Å². The third-order valence-corrected chi connectivity index (χ3v) is 4.05. The average molecular weight is 428 g/mol. The Kier molecular flexibility index (Phi) is 5.76. The Morgan fingerprint density at radius 3 is 2.17 bits per heavy atom. The number of alkyl halides is 3. The van der Waals surface area contributed by atoms with E-state index < -0.39 is 17.6 Å². The number of hydrogen-bond donors (Lipinski definition) is 0. The standard InChI is InChI=1S/C16H9BrCl2F4/c17-14-5-9(2-4-15(14)20)1-3-13(16(21,22)23)10-6-11(18)8-12(19)7-10/h2-8H,1H2. The van der Waals surface area contributed by atoms with Gasteiger partial charge in [-0.2, -0.15) is 13.2 Å². The van der Waals surface area contributed by atoms with Gasteiger partial charge in [-0.1, -0.05) is 35.3 Å². The molecule has 0 aliphatic heterocycles. The molecule has 0 bridgehead atoms. The van der Waals surface area contributed by atoms with Gasteiger partial charge < -0.3 is 0 Å². The van der Waals surface area contributed by atoms with Gasteiger partial charge in [-0.05, 0) is 63.8 Å². The first-order valence-corrected chi connectivity index (χ1v) is 7.89. The lowest BCUT2D eigenvalue weighted by atomic mass is 10.0. The van der Waals surface area contributed by atoms with Crippen molar-refractivity contribution >= 4 is 44.7 Å². The summed E-state index contributed by atoms with van der Waals surface area (Å²) in [5, 5.41) is 0.236. The van der Waals surface area contributed by atoms with Crippen LogP contribution in [0.5, 0.6) is 0 Å². The highest BCUT2D eigenvalue weighted by Crippen LogP contribution is 2.36. The maximum absolute atomic E-state index is 13.3. The van der Waals surface area contributed by atoms with Gasteiger partial charge in [-0.3, -0.25) is 0 Å². The van der Waals surface area contributed by atoms with Gasteiger partial charge in [-0.15, -0.1) is 0 Å². The van der Waals surface area contributed by atoms with Crippen molar-refractivity contribution in [3.05, 3.63) is 73.9 Å². The van der Waals surface area contributed by atoms with E-state index in [1.54, 1.807) is 0 Å². The van der Waals surface area contributed by atoms with Gasteiger partial charge in [0.1, 0.15) is 5.82 Å². The Balaban J connectivity index is 2.40. The van der Waals surface area contributed by atoms with Crippen LogP contribution in [0.15, 0.2) is 46.9 Å². The number of rotatable bonds is 3. The third-order valence-electron chi connectivity index (χ3n) is 3.00. The molecule has 0 saturated heterocycles. The fourth-order valence-electron chi connectivity index (χ4n) is 1.99. The first kappa shape index (κ1) is 18.3. The van der Waals surface area contributed by atoms with E-state index in [2.05, 4.69) is 15.9 Å². The van der Waals surface area contributed by atoms with Gasteiger partial charge in [0, 0.05) is 10.0 Å². The highest BCUT2D eigenvalue weighted by molar-refractivity contribution is 9.10. The largest absolute Gasteiger partial charge is 0.416 e. The van der Waals surface area contributed by atoms with Gasteiger partial charge >= 0.3 is 6.18 Å². The van der Waals surface area contributed by atoms with E-state index in [4.69, 9.17) is 23.2 Å². The van der Waals surface area contributed by atoms with Crippen LogP contribution in [0.25, 0.3) is 5.57 Å². The SMILES string of the molecule is Fc1ccc(CC=C(c2cc(Cl)cc(Cl)c2)C(F)(F)F)cc1Br. The van der Waals surface area contributed by atoms with Gasteiger partial charge in [-0.25, -0.2) is 4.39 Å². The lowest BCUT2D eigenvalue weighted by molar-refractivity contribution is -0.0690. The molecule has 2 rings (SSSR count). The Labute approximate surface area is 148 Å². The lowest BCUT2D eigenvalue weighted by Crippen LogP contribution is -2.11. The van der Waals surface area contributed by atoms with E-state index in [1.807, 2.05) is 0 Å². The normalized spacial score (nSPS) is 12.6. The summed E-state index contributed by atoms with van der Waals surface area (Å²) in [6, 6.07) is 7.81. The summed E-state index contributed by atoms with van der Waals surface area (Å²) in [7, 11) is 0. The molecule has 7 heteroatoms. The van der Waals surface area contributed by atoms with Gasteiger partial charge in [0.05, 0.1) is 10.0 Å². The summed E-state index contributed by atoms with van der Waals surface area (Å²) < 4.78 is 53.2. The maximum atomic E-state index is 13.3. The van der Waals surface area contributed by atoms with Crippen molar-refractivity contribution in [2.45, 2.75) is 12.6 Å². The van der Waals surface area contributed by atoms with Crippen molar-refractivity contribution in [2.24, 2.45) is 0 Å². The van der Waals surface area contributed by atoms with Crippen LogP contribution in [0.2, 0.25) is 10.0 Å². The first-order valence-electron chi connectivity index (χ1n) is 6.34. The molecule has 0 aromatic heterocycles. The van der Waals surface area contributed by atoms with E-state index in [0.717, 1.165) is 6.08 Å². The summed E-state index contributed by atoms with van der Waals surface area (Å²) >= 11 is 14.5. The van der Waals surface area contributed by atoms with Crippen molar-refractivity contribution in [2.75, 3.05) is 0 Å². The molecule has 0 unspecified atom stereocenters. The Hall–Kier alpha value is -1.04. The Bertz CT molecular complexity index is 734. The van der Waals surface area contributed by atoms with Crippen molar-refractivity contribution in [3.63, 3.8) is 0 Å². The van der Waals surface area contributed by atoms with E-state index >= 15 is 0 Å². The minimum Gasteiger partial charge on any atom is -0.206 e. The van der Waals surface area contributed by atoms with E-state index in [1.165, 1.54) is 36.4 Å². The third kappa shape index (κ3) is 4.96. The first-order chi connectivity index (χ1) is 10.7.